The number of quaternary nitrogens is 1. The van der Waals surface area contributed by atoms with E-state index in [1.807, 2.05) is 0 Å². The molecule has 3 aliphatic heterocycles. The lowest BCUT2D eigenvalue weighted by Gasteiger charge is -2.71. The van der Waals surface area contributed by atoms with Crippen LogP contribution < -0.4 is 11.1 Å². The predicted octanol–water partition coefficient (Wildman–Crippen LogP) is -2.39. The molecule has 3 saturated heterocycles. The molecule has 6 aliphatic carbocycles. The number of aldehydes is 1. The maximum absolute atomic E-state index is 14.3. The maximum Gasteiger partial charge on any atom is 0.335 e. The van der Waals surface area contributed by atoms with E-state index in [0.29, 0.717) is 51.6 Å². The zero-order valence-electron chi connectivity index (χ0n) is 41.0. The Balaban J connectivity index is 1.04. The topological polar surface area (TPSA) is 349 Å². The molecule has 1 amide bonds. The van der Waals surface area contributed by atoms with Crippen molar-refractivity contribution in [2.45, 2.75) is 197 Å². The molecule has 24 atom stereocenters. The second kappa shape index (κ2) is 17.7. The summed E-state index contributed by atoms with van der Waals surface area (Å²) in [6.45, 7) is 12.5. The van der Waals surface area contributed by atoms with Crippen LogP contribution in [0.15, 0.2) is 11.6 Å². The van der Waals surface area contributed by atoms with Gasteiger partial charge in [-0.2, -0.15) is 0 Å². The minimum absolute atomic E-state index is 0.0127. The second-order valence-corrected chi connectivity index (χ2v) is 24.2. The molecule has 9 rings (SSSR count). The summed E-state index contributed by atoms with van der Waals surface area (Å²) < 4.78 is 36.1. The molecule has 70 heavy (non-hydrogen) atoms. The number of amides is 1. The van der Waals surface area contributed by atoms with Crippen molar-refractivity contribution in [1.82, 2.24) is 5.32 Å². The molecule has 396 valence electrons. The first-order valence-electron chi connectivity index (χ1n) is 25.2. The molecule has 3 heterocycles. The Morgan fingerprint density at radius 2 is 1.57 bits per heavy atom. The normalized spacial score (nSPS) is 54.6. The van der Waals surface area contributed by atoms with Gasteiger partial charge in [-0.3, -0.25) is 4.79 Å². The lowest BCUT2D eigenvalue weighted by Crippen LogP contribution is -2.96. The summed E-state index contributed by atoms with van der Waals surface area (Å²) in [4.78, 5) is 41.0. The van der Waals surface area contributed by atoms with Gasteiger partial charge >= 0.3 is 5.97 Å². The van der Waals surface area contributed by atoms with E-state index in [1.54, 1.807) is 6.92 Å². The summed E-state index contributed by atoms with van der Waals surface area (Å²) in [6.07, 6.45) is -15.8. The van der Waals surface area contributed by atoms with Crippen LogP contribution in [0.4, 0.5) is 0 Å². The van der Waals surface area contributed by atoms with Gasteiger partial charge in [-0.25, -0.2) is 4.79 Å². The number of hydrogen-bond donors (Lipinski definition) is 12. The van der Waals surface area contributed by atoms with Gasteiger partial charge in [-0.1, -0.05) is 53.2 Å². The molecule has 0 spiro atoms. The van der Waals surface area contributed by atoms with Crippen molar-refractivity contribution in [3.05, 3.63) is 11.6 Å². The molecule has 21 heteroatoms. The number of fused-ring (bicyclic) bond motifs is 8. The molecule has 5 saturated carbocycles. The van der Waals surface area contributed by atoms with Crippen LogP contribution in [0.2, 0.25) is 0 Å². The van der Waals surface area contributed by atoms with Crippen molar-refractivity contribution in [1.29, 1.82) is 0 Å². The van der Waals surface area contributed by atoms with Crippen LogP contribution in [0.25, 0.3) is 0 Å². The lowest BCUT2D eigenvalue weighted by atomic mass is 9.33. The van der Waals surface area contributed by atoms with E-state index >= 15 is 0 Å². The molecule has 24 unspecified atom stereocenters. The van der Waals surface area contributed by atoms with Crippen LogP contribution in [0.1, 0.15) is 99.3 Å². The number of rotatable bonds is 12. The fourth-order valence-corrected chi connectivity index (χ4v) is 16.0. The van der Waals surface area contributed by atoms with E-state index in [0.717, 1.165) is 19.1 Å². The van der Waals surface area contributed by atoms with E-state index in [-0.39, 0.29) is 40.9 Å². The molecular weight excluding hydrogens is 921 g/mol. The van der Waals surface area contributed by atoms with Gasteiger partial charge in [-0.15, -0.1) is 0 Å². The summed E-state index contributed by atoms with van der Waals surface area (Å²) in [5.74, 6) is -2.26. The first kappa shape index (κ1) is 52.6. The van der Waals surface area contributed by atoms with Gasteiger partial charge in [0.1, 0.15) is 55.1 Å². The number of ether oxygens (including phenoxy) is 6. The van der Waals surface area contributed by atoms with Crippen LogP contribution in [0, 0.1) is 50.2 Å². The Morgan fingerprint density at radius 3 is 2.23 bits per heavy atom. The van der Waals surface area contributed by atoms with Crippen LogP contribution in [0.5, 0.6) is 0 Å². The predicted molar refractivity (Wildman–Crippen MR) is 238 cm³/mol. The number of carbonyl (C=O) groups excluding carboxylic acids is 2. The number of allylic oxidation sites excluding steroid dienone is 2. The number of aliphatic hydroxyl groups is 9. The van der Waals surface area contributed by atoms with Gasteiger partial charge in [0, 0.05) is 0 Å². The molecule has 8 fully saturated rings. The Kier molecular flexibility index (Phi) is 13.3. The minimum Gasteiger partial charge on any atom is -0.479 e. The first-order chi connectivity index (χ1) is 32.7. The second-order valence-electron chi connectivity index (χ2n) is 24.2. The average Bonchev–Trinajstić information content (AvgIpc) is 3.31. The fraction of sp³-hybridized carbons (Fsp3) is 0.898. The molecular formula is C49H77N2O19+. The summed E-state index contributed by atoms with van der Waals surface area (Å²) >= 11 is 0. The number of aliphatic carboxylic acids is 1. The highest BCUT2D eigenvalue weighted by Gasteiger charge is 2.85. The zero-order valence-corrected chi connectivity index (χ0v) is 41.0. The van der Waals surface area contributed by atoms with E-state index in [9.17, 15) is 65.4 Å². The van der Waals surface area contributed by atoms with Crippen molar-refractivity contribution >= 4 is 18.2 Å². The smallest absolute Gasteiger partial charge is 0.335 e. The molecule has 0 aromatic carbocycles. The number of carboxylic acid groups (broad SMARTS) is 1. The molecule has 21 nitrogen and oxygen atoms in total. The average molecular weight is 998 g/mol. The zero-order chi connectivity index (χ0) is 51.1. The van der Waals surface area contributed by atoms with Gasteiger partial charge in [0.25, 0.3) is 0 Å². The van der Waals surface area contributed by atoms with Crippen molar-refractivity contribution in [2.24, 2.45) is 50.2 Å². The Labute approximate surface area is 407 Å². The summed E-state index contributed by atoms with van der Waals surface area (Å²) in [5.41, 5.74) is -3.01. The standard InChI is InChI=1S/C49H76N2O19/c1-42(2)13-14-47(40(63)51-16-15-50)23(17-42)22-7-8-26-43(3)11-10-28(44(4,20-52)25(43)9-12-45(26,5)46(22,6)18-27(47)55)66-39-34(69-41-49(64)36(60)35(59)48(49,21-53)70-41)32(31(58)33(68-39)37(61)62)67-38-30(57)29(56)24(54)19-65-38/h7,20,23-36,38-39,41,53-60,64H,8-19,21,50H2,1-6H3,(H,51,63)(H,61,62)/p+1. The first-order valence-corrected chi connectivity index (χ1v) is 25.2. The number of carboxylic acids is 1. The highest BCUT2D eigenvalue weighted by atomic mass is 16.8. The molecule has 0 bridgehead atoms. The molecule has 0 aromatic heterocycles. The molecule has 14 N–H and O–H groups in total. The van der Waals surface area contributed by atoms with Crippen molar-refractivity contribution < 1.29 is 99.6 Å². The largest absolute Gasteiger partial charge is 0.479 e. The third-order valence-electron chi connectivity index (χ3n) is 20.4. The molecule has 0 radical (unpaired) electrons. The van der Waals surface area contributed by atoms with Gasteiger partial charge in [0.15, 0.2) is 36.2 Å². The van der Waals surface area contributed by atoms with Gasteiger partial charge in [-0.05, 0) is 97.2 Å². The van der Waals surface area contributed by atoms with Crippen molar-refractivity contribution in [3.8, 4) is 0 Å². The molecule has 9 aliphatic rings. The number of nitrogens with one attached hydrogen (secondary N) is 1. The number of aliphatic hydroxyl groups excluding tert-OH is 8. The Bertz CT molecular complexity index is 2080. The summed E-state index contributed by atoms with van der Waals surface area (Å²) in [7, 11) is 0. The van der Waals surface area contributed by atoms with Crippen LogP contribution >= 0.6 is 0 Å². The van der Waals surface area contributed by atoms with Gasteiger partial charge in [0.2, 0.25) is 5.91 Å². The van der Waals surface area contributed by atoms with E-state index < -0.39 is 138 Å². The van der Waals surface area contributed by atoms with Gasteiger partial charge in [0.05, 0.1) is 49.3 Å². The number of hydrogen-bond acceptors (Lipinski definition) is 18. The summed E-state index contributed by atoms with van der Waals surface area (Å²) in [5, 5.41) is 112. The van der Waals surface area contributed by atoms with E-state index in [1.165, 1.54) is 5.57 Å². The highest BCUT2D eigenvalue weighted by Crippen LogP contribution is 2.76. The third kappa shape index (κ3) is 7.04. The SMILES string of the molecule is CC1(C)CCC2(C(=O)NCC[NH3+])C(O)CC3(C)C(=CCC4C5(C)CCC(OC6OC(C(=O)O)C(O)C(OC7OCC(O)C(O)C7O)C6OC6OC7(CO)C(O)C(O)C67O)C(C)(C=O)C5CCC43C)C2C1. The highest BCUT2D eigenvalue weighted by molar-refractivity contribution is 5.85. The van der Waals surface area contributed by atoms with Gasteiger partial charge < -0.3 is 95.3 Å². The van der Waals surface area contributed by atoms with Crippen molar-refractivity contribution in [2.75, 3.05) is 26.3 Å². The minimum atomic E-state index is -2.43. The monoisotopic (exact) mass is 998 g/mol. The molecule has 0 aromatic rings. The number of carbonyl (C=O) groups is 3. The Hall–Kier alpha value is -2.29. The van der Waals surface area contributed by atoms with Crippen LogP contribution in [-0.2, 0) is 42.8 Å². The van der Waals surface area contributed by atoms with E-state index in [4.69, 9.17) is 28.4 Å². The quantitative estimate of drug-likeness (QED) is 0.0552. The van der Waals surface area contributed by atoms with E-state index in [2.05, 4.69) is 51.7 Å². The Morgan fingerprint density at radius 1 is 0.857 bits per heavy atom. The summed E-state index contributed by atoms with van der Waals surface area (Å²) in [6, 6.07) is 0. The third-order valence-corrected chi connectivity index (χ3v) is 20.4. The maximum atomic E-state index is 14.3. The fourth-order valence-electron chi connectivity index (χ4n) is 16.0. The lowest BCUT2D eigenvalue weighted by molar-refractivity contribution is -0.534. The van der Waals surface area contributed by atoms with Crippen LogP contribution in [0.3, 0.4) is 0 Å². The van der Waals surface area contributed by atoms with Crippen LogP contribution in [-0.4, -0.2) is 193 Å². The van der Waals surface area contributed by atoms with Crippen molar-refractivity contribution in [3.63, 3.8) is 0 Å².